The molecule has 43 heavy (non-hydrogen) atoms. The summed E-state index contributed by atoms with van der Waals surface area (Å²) in [6.07, 6.45) is 2.16. The van der Waals surface area contributed by atoms with E-state index in [1.165, 1.54) is 0 Å². The number of aliphatic hydroxyl groups is 1. The van der Waals surface area contributed by atoms with Gasteiger partial charge in [0.2, 0.25) is 5.95 Å². The number of thiophene rings is 1. The first-order chi connectivity index (χ1) is 20.5. The number of hydrogen-bond acceptors (Lipinski definition) is 9. The van der Waals surface area contributed by atoms with Crippen LogP contribution in [-0.4, -0.2) is 64.6 Å². The summed E-state index contributed by atoms with van der Waals surface area (Å²) in [5.74, 6) is 1.96. The van der Waals surface area contributed by atoms with Gasteiger partial charge in [-0.1, -0.05) is 18.2 Å². The molecule has 2 atom stereocenters. The van der Waals surface area contributed by atoms with Gasteiger partial charge in [0.05, 0.1) is 48.5 Å². The van der Waals surface area contributed by atoms with Crippen LogP contribution in [0.25, 0.3) is 21.3 Å². The monoisotopic (exact) mass is 602 g/mol. The number of aromatic nitrogens is 2. The van der Waals surface area contributed by atoms with E-state index in [0.29, 0.717) is 25.5 Å². The van der Waals surface area contributed by atoms with Gasteiger partial charge in [0, 0.05) is 40.5 Å². The number of likely N-dealkylation sites (tertiary alicyclic amines) is 1. The number of piperidine rings is 1. The third-order valence-electron chi connectivity index (χ3n) is 8.01. The summed E-state index contributed by atoms with van der Waals surface area (Å²) in [5.41, 5.74) is 6.41. The zero-order valence-corrected chi connectivity index (χ0v) is 26.3. The second-order valence-corrected chi connectivity index (χ2v) is 13.5. The summed E-state index contributed by atoms with van der Waals surface area (Å²) in [4.78, 5) is 24.9. The molecule has 2 aromatic carbocycles. The lowest BCUT2D eigenvalue weighted by molar-refractivity contribution is -0.00157. The van der Waals surface area contributed by atoms with Gasteiger partial charge in [0.1, 0.15) is 17.1 Å². The fourth-order valence-corrected chi connectivity index (χ4v) is 7.05. The summed E-state index contributed by atoms with van der Waals surface area (Å²) in [7, 11) is 1.69. The Morgan fingerprint density at radius 1 is 1.21 bits per heavy atom. The average Bonchev–Trinajstić information content (AvgIpc) is 3.57. The van der Waals surface area contributed by atoms with Crippen molar-refractivity contribution in [2.45, 2.75) is 65.1 Å². The topological polar surface area (TPSA) is 106 Å². The third kappa shape index (κ3) is 5.73. The van der Waals surface area contributed by atoms with Gasteiger partial charge >= 0.3 is 6.09 Å². The molecule has 2 unspecified atom stereocenters. The molecule has 0 spiro atoms. The molecule has 4 aromatic rings. The maximum Gasteiger partial charge on any atom is 0.410 e. The molecule has 0 bridgehead atoms. The molecule has 2 N–H and O–H groups in total. The molecule has 2 aromatic heterocycles. The lowest BCUT2D eigenvalue weighted by Gasteiger charge is -2.37. The zero-order valence-electron chi connectivity index (χ0n) is 25.5. The summed E-state index contributed by atoms with van der Waals surface area (Å²) in [6.45, 7) is 11.0. The molecule has 9 nitrogen and oxygen atoms in total. The molecule has 1 saturated heterocycles. The second-order valence-electron chi connectivity index (χ2n) is 12.3. The Morgan fingerprint density at radius 2 is 2.02 bits per heavy atom. The highest BCUT2D eigenvalue weighted by Crippen LogP contribution is 2.44. The Hall–Kier alpha value is -3.89. The minimum absolute atomic E-state index is 0.100. The van der Waals surface area contributed by atoms with E-state index >= 15 is 0 Å². The maximum absolute atomic E-state index is 12.6. The molecule has 2 aliphatic rings. The van der Waals surface area contributed by atoms with Crippen molar-refractivity contribution in [3.8, 4) is 22.6 Å². The van der Waals surface area contributed by atoms with Crippen molar-refractivity contribution in [3.63, 3.8) is 0 Å². The number of aliphatic hydroxyl groups excluding tert-OH is 1. The molecule has 10 heteroatoms. The average molecular weight is 603 g/mol. The lowest BCUT2D eigenvalue weighted by Crippen LogP contribution is -2.47. The van der Waals surface area contributed by atoms with Gasteiger partial charge in [-0.3, -0.25) is 0 Å². The fourth-order valence-electron chi connectivity index (χ4n) is 6.06. The van der Waals surface area contributed by atoms with Crippen LogP contribution in [0.4, 0.5) is 16.4 Å². The van der Waals surface area contributed by atoms with Crippen molar-refractivity contribution in [3.05, 3.63) is 58.1 Å². The number of nitrogens with zero attached hydrogens (tertiary/aromatic N) is 3. The van der Waals surface area contributed by atoms with E-state index < -0.39 is 11.7 Å². The number of carbonyl (C=O) groups excluding carboxylic acids is 1. The molecule has 2 aliphatic heterocycles. The predicted molar refractivity (Wildman–Crippen MR) is 169 cm³/mol. The molecule has 0 radical (unpaired) electrons. The van der Waals surface area contributed by atoms with Gasteiger partial charge in [-0.25, -0.2) is 14.8 Å². The van der Waals surface area contributed by atoms with Crippen LogP contribution in [0.3, 0.4) is 0 Å². The first-order valence-electron chi connectivity index (χ1n) is 14.6. The molecular weight excluding hydrogens is 564 g/mol. The third-order valence-corrected chi connectivity index (χ3v) is 9.04. The van der Waals surface area contributed by atoms with Gasteiger partial charge in [0.15, 0.2) is 0 Å². The summed E-state index contributed by atoms with van der Waals surface area (Å²) in [5, 5.41) is 14.5. The molecule has 6 rings (SSSR count). The van der Waals surface area contributed by atoms with E-state index in [0.717, 1.165) is 66.5 Å². The smallest absolute Gasteiger partial charge is 0.410 e. The van der Waals surface area contributed by atoms with Crippen LogP contribution >= 0.6 is 11.3 Å². The van der Waals surface area contributed by atoms with Crippen LogP contribution in [0.2, 0.25) is 0 Å². The van der Waals surface area contributed by atoms with Crippen LogP contribution in [-0.2, 0) is 11.2 Å². The van der Waals surface area contributed by atoms with Crippen molar-refractivity contribution < 1.29 is 24.1 Å². The second kappa shape index (κ2) is 11.3. The first-order valence-corrected chi connectivity index (χ1v) is 15.5. The number of β-amino-alcohol motifs (C(OH)–C–C–N with tert-alkyl or cyclic N) is 1. The highest BCUT2D eigenvalue weighted by atomic mass is 32.1. The van der Waals surface area contributed by atoms with Gasteiger partial charge < -0.3 is 29.5 Å². The molecule has 4 heterocycles. The molecule has 0 aliphatic carbocycles. The maximum atomic E-state index is 12.6. The van der Waals surface area contributed by atoms with Gasteiger partial charge in [0.25, 0.3) is 0 Å². The van der Waals surface area contributed by atoms with E-state index in [-0.39, 0.29) is 18.6 Å². The first kappa shape index (κ1) is 29.2. The van der Waals surface area contributed by atoms with E-state index in [2.05, 4.69) is 42.3 Å². The number of anilines is 2. The Kier molecular flexibility index (Phi) is 7.68. The van der Waals surface area contributed by atoms with Gasteiger partial charge in [-0.15, -0.1) is 11.3 Å². The fraction of sp³-hybridized carbons (Fsp3) is 0.424. The van der Waals surface area contributed by atoms with E-state index in [9.17, 15) is 9.90 Å². The highest BCUT2D eigenvalue weighted by molar-refractivity contribution is 7.19. The van der Waals surface area contributed by atoms with E-state index in [4.69, 9.17) is 19.2 Å². The Labute approximate surface area is 255 Å². The summed E-state index contributed by atoms with van der Waals surface area (Å²) in [6, 6.07) is 10.2. The Morgan fingerprint density at radius 3 is 2.77 bits per heavy atom. The van der Waals surface area contributed by atoms with Gasteiger partial charge in [-0.05, 0) is 64.3 Å². The van der Waals surface area contributed by atoms with Crippen molar-refractivity contribution in [1.29, 1.82) is 0 Å². The number of rotatable bonds is 5. The minimum atomic E-state index is -0.700. The van der Waals surface area contributed by atoms with E-state index in [1.54, 1.807) is 23.3 Å². The van der Waals surface area contributed by atoms with E-state index in [1.807, 2.05) is 39.1 Å². The number of benzene rings is 2. The number of ether oxygens (including phenoxy) is 3. The van der Waals surface area contributed by atoms with Crippen molar-refractivity contribution >= 4 is 39.3 Å². The SMILES string of the molecule is COc1cc(C)ccc1-c1c(C)sc2cnc(Nc3ccc(C4CCN(C(=O)OC(C)(C)C)CC4O)c4c3OCC4)nc12. The predicted octanol–water partition coefficient (Wildman–Crippen LogP) is 6.75. The highest BCUT2D eigenvalue weighted by Gasteiger charge is 2.36. The van der Waals surface area contributed by atoms with Crippen LogP contribution in [0.15, 0.2) is 36.5 Å². The van der Waals surface area contributed by atoms with Crippen molar-refractivity contribution in [2.75, 3.05) is 32.1 Å². The van der Waals surface area contributed by atoms with Crippen molar-refractivity contribution in [1.82, 2.24) is 14.9 Å². The minimum Gasteiger partial charge on any atom is -0.496 e. The molecule has 0 saturated carbocycles. The summed E-state index contributed by atoms with van der Waals surface area (Å²) >= 11 is 1.67. The molecular formula is C33H38N4O5S. The number of amides is 1. The molecule has 1 amide bonds. The number of nitrogens with one attached hydrogen (secondary N) is 1. The van der Waals surface area contributed by atoms with Gasteiger partial charge in [-0.2, -0.15) is 0 Å². The number of carbonyl (C=O) groups is 1. The molecule has 1 fully saturated rings. The zero-order chi connectivity index (χ0) is 30.5. The molecule has 226 valence electrons. The number of methoxy groups -OCH3 is 1. The number of fused-ring (bicyclic) bond motifs is 2. The normalized spacial score (nSPS) is 18.3. The standard InChI is InChI=1S/C33H38N4O5S/c1-18-7-8-23(26(15-18)40-6)28-19(2)43-27-16-34-31(36-29(27)28)35-24-10-9-20(22-12-14-41-30(22)24)21-11-13-37(17-25(21)38)32(39)42-33(3,4)5/h7-10,15-16,21,25,38H,11-14,17H2,1-6H3,(H,34,35,36). The number of hydrogen-bond donors (Lipinski definition) is 2. The largest absolute Gasteiger partial charge is 0.496 e. The Balaban J connectivity index is 1.27. The lowest BCUT2D eigenvalue weighted by atomic mass is 9.83. The van der Waals surface area contributed by atoms with Crippen molar-refractivity contribution in [2.24, 2.45) is 0 Å². The summed E-state index contributed by atoms with van der Waals surface area (Å²) < 4.78 is 18.4. The van der Waals surface area contributed by atoms with Crippen LogP contribution in [0.5, 0.6) is 11.5 Å². The van der Waals surface area contributed by atoms with Crippen LogP contribution in [0.1, 0.15) is 54.7 Å². The Bertz CT molecular complexity index is 1700. The number of aryl methyl sites for hydroxylation is 2. The van der Waals surface area contributed by atoms with Crippen LogP contribution in [0, 0.1) is 13.8 Å². The van der Waals surface area contributed by atoms with Crippen LogP contribution < -0.4 is 14.8 Å². The quantitative estimate of drug-likeness (QED) is 0.259.